The summed E-state index contributed by atoms with van der Waals surface area (Å²) in [7, 11) is 1.71. The van der Waals surface area contributed by atoms with Crippen LogP contribution in [0.5, 0.6) is 0 Å². The molecule has 10 heteroatoms. The predicted octanol–water partition coefficient (Wildman–Crippen LogP) is -0.263. The largest absolute Gasteiger partial charge is 0.500 e. The predicted molar refractivity (Wildman–Crippen MR) is 93.8 cm³/mol. The minimum atomic E-state index is -2.79. The van der Waals surface area contributed by atoms with Gasteiger partial charge in [0.2, 0.25) is 0 Å². The monoisotopic (exact) mass is 369 g/mol. The molecule has 9 nitrogen and oxygen atoms in total. The molecule has 0 radical (unpaired) electrons. The molecule has 1 aromatic heterocycles. The van der Waals surface area contributed by atoms with Crippen LogP contribution < -0.4 is 17.1 Å². The van der Waals surface area contributed by atoms with Crippen molar-refractivity contribution in [2.75, 3.05) is 21.3 Å². The van der Waals surface area contributed by atoms with Crippen molar-refractivity contribution < 1.29 is 13.3 Å². The first kappa shape index (κ1) is 19.3. The fourth-order valence-corrected chi connectivity index (χ4v) is 4.32. The summed E-state index contributed by atoms with van der Waals surface area (Å²) in [4.78, 5) is 37.5. The lowest BCUT2D eigenvalue weighted by atomic mass is 10.4. The third kappa shape index (κ3) is 3.81. The van der Waals surface area contributed by atoms with Crippen LogP contribution in [0.15, 0.2) is 39.2 Å². The zero-order valence-electron chi connectivity index (χ0n) is 14.6. The fraction of sp³-hybridized carbons (Fsp3) is 0.533. The molecule has 0 spiro atoms. The molecule has 25 heavy (non-hydrogen) atoms. The number of aromatic nitrogens is 3. The SMILES string of the molecule is C=CCn1c(=O)n(CCC[Si](OC)(OC)OC)c(=O)n(C2C=C2)c1=O. The zero-order valence-corrected chi connectivity index (χ0v) is 15.6. The van der Waals surface area contributed by atoms with Crippen molar-refractivity contribution in [1.82, 2.24) is 13.7 Å². The highest BCUT2D eigenvalue weighted by molar-refractivity contribution is 6.60. The van der Waals surface area contributed by atoms with Gasteiger partial charge in [0, 0.05) is 33.9 Å². The Balaban J connectivity index is 2.34. The average Bonchev–Trinajstić information content (AvgIpc) is 3.44. The third-order valence-corrected chi connectivity index (χ3v) is 6.94. The number of hydrogen-bond donors (Lipinski definition) is 0. The van der Waals surface area contributed by atoms with E-state index in [0.29, 0.717) is 12.5 Å². The minimum Gasteiger partial charge on any atom is -0.377 e. The maximum Gasteiger partial charge on any atom is 0.500 e. The van der Waals surface area contributed by atoms with Crippen LogP contribution >= 0.6 is 0 Å². The molecular formula is C15H23N3O6Si. The molecule has 0 N–H and O–H groups in total. The molecule has 0 saturated heterocycles. The first-order chi connectivity index (χ1) is 11.9. The molecule has 0 unspecified atom stereocenters. The maximum atomic E-state index is 12.6. The standard InChI is InChI=1S/C15H23N3O6Si/c1-5-9-16-13(19)17(10-6-11-25(22-2,23-3)24-4)15(21)18(14(16)20)12-7-8-12/h5,7-8,12H,1,6,9-11H2,2-4H3. The number of nitrogens with zero attached hydrogens (tertiary/aromatic N) is 3. The van der Waals surface area contributed by atoms with Crippen molar-refractivity contribution in [2.45, 2.75) is 31.6 Å². The molecular weight excluding hydrogens is 346 g/mol. The summed E-state index contributed by atoms with van der Waals surface area (Å²) in [6, 6.07) is 0.0679. The minimum absolute atomic E-state index is 0.0393. The molecule has 1 aliphatic carbocycles. The van der Waals surface area contributed by atoms with E-state index in [1.54, 1.807) is 12.2 Å². The van der Waals surface area contributed by atoms with Crippen molar-refractivity contribution in [1.29, 1.82) is 0 Å². The average molecular weight is 369 g/mol. The van der Waals surface area contributed by atoms with E-state index in [2.05, 4.69) is 6.58 Å². The van der Waals surface area contributed by atoms with Crippen molar-refractivity contribution in [3.8, 4) is 0 Å². The molecule has 1 heterocycles. The molecule has 0 bridgehead atoms. The van der Waals surface area contributed by atoms with Crippen molar-refractivity contribution >= 4 is 8.80 Å². The highest BCUT2D eigenvalue weighted by atomic mass is 28.4. The third-order valence-electron chi connectivity index (χ3n) is 4.11. The second-order valence-corrected chi connectivity index (χ2v) is 8.63. The molecule has 2 rings (SSSR count). The van der Waals surface area contributed by atoms with Gasteiger partial charge >= 0.3 is 25.9 Å². The number of rotatable bonds is 10. The highest BCUT2D eigenvalue weighted by Crippen LogP contribution is 2.18. The van der Waals surface area contributed by atoms with Gasteiger partial charge in [-0.2, -0.15) is 0 Å². The summed E-state index contributed by atoms with van der Waals surface area (Å²) < 4.78 is 19.1. The van der Waals surface area contributed by atoms with Gasteiger partial charge in [0.1, 0.15) is 0 Å². The van der Waals surface area contributed by atoms with Gasteiger partial charge in [-0.25, -0.2) is 28.1 Å². The summed E-state index contributed by atoms with van der Waals surface area (Å²) >= 11 is 0. The second-order valence-electron chi connectivity index (χ2n) is 5.54. The van der Waals surface area contributed by atoms with E-state index in [0.717, 1.165) is 13.7 Å². The van der Waals surface area contributed by atoms with E-state index in [1.165, 1.54) is 27.4 Å². The first-order valence-corrected chi connectivity index (χ1v) is 9.78. The first-order valence-electron chi connectivity index (χ1n) is 7.85. The van der Waals surface area contributed by atoms with Crippen LogP contribution in [0.3, 0.4) is 0 Å². The molecule has 0 aromatic carbocycles. The summed E-state index contributed by atoms with van der Waals surface area (Å²) in [6.45, 7) is 3.72. The van der Waals surface area contributed by atoms with Crippen molar-refractivity contribution in [3.63, 3.8) is 0 Å². The van der Waals surface area contributed by atoms with Gasteiger partial charge in [-0.15, -0.1) is 6.58 Å². The Bertz CT molecular complexity index is 819. The molecule has 1 aliphatic rings. The van der Waals surface area contributed by atoms with Gasteiger partial charge in [0.25, 0.3) is 0 Å². The van der Waals surface area contributed by atoms with Crippen LogP contribution in [-0.4, -0.2) is 43.8 Å². The summed E-state index contributed by atoms with van der Waals surface area (Å²) in [5.41, 5.74) is -1.90. The van der Waals surface area contributed by atoms with Gasteiger partial charge < -0.3 is 13.3 Å². The molecule has 138 valence electrons. The smallest absolute Gasteiger partial charge is 0.377 e. The van der Waals surface area contributed by atoms with Gasteiger partial charge in [-0.1, -0.05) is 18.2 Å². The molecule has 0 saturated carbocycles. The summed E-state index contributed by atoms with van der Waals surface area (Å²) in [5, 5.41) is 0. The van der Waals surface area contributed by atoms with E-state index in [-0.39, 0.29) is 19.1 Å². The topological polar surface area (TPSA) is 93.7 Å². The highest BCUT2D eigenvalue weighted by Gasteiger charge is 2.37. The Labute approximate surface area is 145 Å². The van der Waals surface area contributed by atoms with Crippen molar-refractivity contribution in [3.05, 3.63) is 56.3 Å². The van der Waals surface area contributed by atoms with E-state index in [1.807, 2.05) is 0 Å². The van der Waals surface area contributed by atoms with Crippen LogP contribution in [0.1, 0.15) is 12.5 Å². The van der Waals surface area contributed by atoms with Crippen LogP contribution in [-0.2, 0) is 26.4 Å². The Morgan fingerprint density at radius 3 is 2.08 bits per heavy atom. The van der Waals surface area contributed by atoms with E-state index in [9.17, 15) is 14.4 Å². The zero-order chi connectivity index (χ0) is 18.6. The van der Waals surface area contributed by atoms with Crippen molar-refractivity contribution in [2.24, 2.45) is 0 Å². The summed E-state index contributed by atoms with van der Waals surface area (Å²) in [5.74, 6) is 0. The van der Waals surface area contributed by atoms with E-state index >= 15 is 0 Å². The van der Waals surface area contributed by atoms with Crippen LogP contribution in [0.4, 0.5) is 0 Å². The van der Waals surface area contributed by atoms with Crippen LogP contribution in [0.2, 0.25) is 6.04 Å². The Morgan fingerprint density at radius 2 is 1.60 bits per heavy atom. The lowest BCUT2D eigenvalue weighted by Gasteiger charge is -2.24. The van der Waals surface area contributed by atoms with Gasteiger partial charge in [-0.3, -0.25) is 0 Å². The van der Waals surface area contributed by atoms with Crippen LogP contribution in [0, 0.1) is 0 Å². The normalized spacial score (nSPS) is 14.0. The molecule has 1 aromatic rings. The Morgan fingerprint density at radius 1 is 1.04 bits per heavy atom. The molecule has 0 fully saturated rings. The fourth-order valence-electron chi connectivity index (χ4n) is 2.61. The number of allylic oxidation sites excluding steroid dienone is 3. The van der Waals surface area contributed by atoms with Gasteiger partial charge in [-0.05, 0) is 6.42 Å². The quantitative estimate of drug-likeness (QED) is 0.417. The van der Waals surface area contributed by atoms with Crippen LogP contribution in [0.25, 0.3) is 0 Å². The lowest BCUT2D eigenvalue weighted by Crippen LogP contribution is -2.54. The van der Waals surface area contributed by atoms with E-state index < -0.39 is 25.9 Å². The molecule has 0 atom stereocenters. The Hall–Kier alpha value is -2.01. The number of hydrogen-bond acceptors (Lipinski definition) is 6. The summed E-state index contributed by atoms with van der Waals surface area (Å²) in [6.07, 6.45) is 5.31. The van der Waals surface area contributed by atoms with E-state index in [4.69, 9.17) is 13.3 Å². The molecule has 0 amide bonds. The Kier molecular flexibility index (Phi) is 6.11. The lowest BCUT2D eigenvalue weighted by molar-refractivity contribution is 0.122. The van der Waals surface area contributed by atoms with Gasteiger partial charge in [0.15, 0.2) is 0 Å². The molecule has 0 aliphatic heterocycles. The maximum absolute atomic E-state index is 12.6. The second kappa shape index (κ2) is 7.91. The van der Waals surface area contributed by atoms with Gasteiger partial charge in [0.05, 0.1) is 12.6 Å².